The van der Waals surface area contributed by atoms with Crippen molar-refractivity contribution in [1.29, 1.82) is 0 Å². The van der Waals surface area contributed by atoms with Gasteiger partial charge in [-0.2, -0.15) is 4.98 Å². The van der Waals surface area contributed by atoms with Crippen LogP contribution in [0.1, 0.15) is 10.4 Å². The van der Waals surface area contributed by atoms with Gasteiger partial charge in [0.1, 0.15) is 10.6 Å². The van der Waals surface area contributed by atoms with Crippen LogP contribution in [0.15, 0.2) is 0 Å². The number of thiophene rings is 1. The molecule has 2 aromatic rings. The minimum absolute atomic E-state index is 0.261. The molecule has 0 unspecified atom stereocenters. The van der Waals surface area contributed by atoms with Crippen molar-refractivity contribution in [1.82, 2.24) is 14.9 Å². The lowest BCUT2D eigenvalue weighted by Gasteiger charge is -2.21. The van der Waals surface area contributed by atoms with E-state index in [9.17, 15) is 0 Å². The molecule has 0 aliphatic carbocycles. The largest absolute Gasteiger partial charge is 0.383 e. The molecule has 0 saturated carbocycles. The third-order valence-corrected chi connectivity index (χ3v) is 4.05. The standard InChI is InChI=1S/C10H13N5S/c1-15-3-2-5-6(4-15)16-9-7(5)8(11)13-10(12)14-9/h2-4H2,1H3,(H4,11,12,13,14). The molecular weight excluding hydrogens is 222 g/mol. The van der Waals surface area contributed by atoms with Crippen LogP contribution in [0.25, 0.3) is 10.2 Å². The number of hydrogen-bond donors (Lipinski definition) is 2. The van der Waals surface area contributed by atoms with Gasteiger partial charge in [-0.15, -0.1) is 11.3 Å². The van der Waals surface area contributed by atoms with E-state index in [2.05, 4.69) is 21.9 Å². The molecule has 0 amide bonds. The zero-order valence-electron chi connectivity index (χ0n) is 9.03. The van der Waals surface area contributed by atoms with Crippen molar-refractivity contribution in [3.8, 4) is 0 Å². The number of nitrogens with two attached hydrogens (primary N) is 2. The summed E-state index contributed by atoms with van der Waals surface area (Å²) in [5, 5.41) is 1.02. The lowest BCUT2D eigenvalue weighted by atomic mass is 10.1. The molecule has 0 spiro atoms. The lowest BCUT2D eigenvalue weighted by molar-refractivity contribution is 0.318. The molecule has 1 aliphatic heterocycles. The Morgan fingerprint density at radius 2 is 2.12 bits per heavy atom. The number of aromatic nitrogens is 2. The third-order valence-electron chi connectivity index (χ3n) is 2.94. The molecule has 0 fully saturated rings. The zero-order chi connectivity index (χ0) is 11.3. The van der Waals surface area contributed by atoms with Crippen LogP contribution in [0.2, 0.25) is 0 Å². The Morgan fingerprint density at radius 3 is 2.94 bits per heavy atom. The average molecular weight is 235 g/mol. The summed E-state index contributed by atoms with van der Waals surface area (Å²) in [5.74, 6) is 0.779. The molecule has 0 saturated heterocycles. The van der Waals surface area contributed by atoms with Gasteiger partial charge in [0, 0.05) is 18.0 Å². The van der Waals surface area contributed by atoms with Crippen LogP contribution in [0.5, 0.6) is 0 Å². The number of likely N-dealkylation sites (N-methyl/N-ethyl adjacent to an activating group) is 1. The van der Waals surface area contributed by atoms with Crippen LogP contribution in [0.4, 0.5) is 11.8 Å². The highest BCUT2D eigenvalue weighted by molar-refractivity contribution is 7.19. The molecule has 5 nitrogen and oxygen atoms in total. The van der Waals surface area contributed by atoms with Crippen molar-refractivity contribution < 1.29 is 0 Å². The van der Waals surface area contributed by atoms with Crippen molar-refractivity contribution in [2.45, 2.75) is 13.0 Å². The van der Waals surface area contributed by atoms with Crippen molar-refractivity contribution >= 4 is 33.3 Å². The first-order valence-corrected chi connectivity index (χ1v) is 5.98. The van der Waals surface area contributed by atoms with Crippen molar-refractivity contribution in [3.63, 3.8) is 0 Å². The highest BCUT2D eigenvalue weighted by atomic mass is 32.1. The van der Waals surface area contributed by atoms with Crippen LogP contribution in [-0.2, 0) is 13.0 Å². The third kappa shape index (κ3) is 1.34. The fourth-order valence-electron chi connectivity index (χ4n) is 2.17. The van der Waals surface area contributed by atoms with E-state index in [1.807, 2.05) is 0 Å². The summed E-state index contributed by atoms with van der Waals surface area (Å²) >= 11 is 1.68. The van der Waals surface area contributed by atoms with Crippen molar-refractivity contribution in [2.75, 3.05) is 25.1 Å². The summed E-state index contributed by atoms with van der Waals surface area (Å²) in [7, 11) is 2.12. The van der Waals surface area contributed by atoms with Gasteiger partial charge in [-0.3, -0.25) is 0 Å². The second-order valence-electron chi connectivity index (χ2n) is 4.14. The molecule has 2 aromatic heterocycles. The van der Waals surface area contributed by atoms with Crippen molar-refractivity contribution in [3.05, 3.63) is 10.4 Å². The Labute approximate surface area is 97.1 Å². The molecule has 0 radical (unpaired) electrons. The first-order valence-electron chi connectivity index (χ1n) is 5.17. The summed E-state index contributed by atoms with van der Waals surface area (Å²) < 4.78 is 0. The van der Waals surface area contributed by atoms with Crippen LogP contribution in [-0.4, -0.2) is 28.5 Å². The number of fused-ring (bicyclic) bond motifs is 3. The van der Waals surface area contributed by atoms with E-state index < -0.39 is 0 Å². The van der Waals surface area contributed by atoms with E-state index in [1.54, 1.807) is 11.3 Å². The number of nitrogen functional groups attached to an aromatic ring is 2. The maximum Gasteiger partial charge on any atom is 0.223 e. The molecule has 1 aliphatic rings. The second kappa shape index (κ2) is 3.29. The Balaban J connectivity index is 2.29. The maximum absolute atomic E-state index is 5.92. The van der Waals surface area contributed by atoms with Gasteiger partial charge in [0.25, 0.3) is 0 Å². The van der Waals surface area contributed by atoms with E-state index >= 15 is 0 Å². The molecule has 4 N–H and O–H groups in total. The molecule has 3 rings (SSSR count). The first kappa shape index (κ1) is 9.80. The predicted octanol–water partition coefficient (Wildman–Crippen LogP) is 0.844. The smallest absolute Gasteiger partial charge is 0.223 e. The molecule has 84 valence electrons. The van der Waals surface area contributed by atoms with Gasteiger partial charge in [-0.05, 0) is 19.0 Å². The predicted molar refractivity (Wildman–Crippen MR) is 66.3 cm³/mol. The summed E-state index contributed by atoms with van der Waals surface area (Å²) in [4.78, 5) is 12.9. The van der Waals surface area contributed by atoms with Gasteiger partial charge >= 0.3 is 0 Å². The second-order valence-corrected chi connectivity index (χ2v) is 5.22. The minimum atomic E-state index is 0.261. The molecular formula is C10H13N5S. The van der Waals surface area contributed by atoms with E-state index in [-0.39, 0.29) is 5.95 Å². The Morgan fingerprint density at radius 1 is 1.31 bits per heavy atom. The Bertz CT molecular complexity index is 562. The number of hydrogen-bond acceptors (Lipinski definition) is 6. The fourth-order valence-corrected chi connectivity index (χ4v) is 3.48. The van der Waals surface area contributed by atoms with Crippen LogP contribution < -0.4 is 11.5 Å². The number of rotatable bonds is 0. The SMILES string of the molecule is CN1CCc2c(sc3nc(N)nc(N)c23)C1. The molecule has 3 heterocycles. The topological polar surface area (TPSA) is 81.1 Å². The summed E-state index contributed by atoms with van der Waals surface area (Å²) in [6, 6.07) is 0. The lowest BCUT2D eigenvalue weighted by Crippen LogP contribution is -2.25. The molecule has 16 heavy (non-hydrogen) atoms. The molecule has 6 heteroatoms. The van der Waals surface area contributed by atoms with Gasteiger partial charge in [0.05, 0.1) is 5.39 Å². The van der Waals surface area contributed by atoms with Crippen LogP contribution >= 0.6 is 11.3 Å². The minimum Gasteiger partial charge on any atom is -0.383 e. The van der Waals surface area contributed by atoms with Crippen molar-refractivity contribution in [2.24, 2.45) is 0 Å². The normalized spacial score (nSPS) is 16.6. The van der Waals surface area contributed by atoms with Crippen LogP contribution in [0.3, 0.4) is 0 Å². The van der Waals surface area contributed by atoms with Crippen LogP contribution in [0, 0.1) is 0 Å². The van der Waals surface area contributed by atoms with Gasteiger partial charge < -0.3 is 16.4 Å². The average Bonchev–Trinajstić information content (AvgIpc) is 2.54. The summed E-state index contributed by atoms with van der Waals surface area (Å²) in [5.41, 5.74) is 12.8. The summed E-state index contributed by atoms with van der Waals surface area (Å²) in [6.07, 6.45) is 1.02. The zero-order valence-corrected chi connectivity index (χ0v) is 9.84. The monoisotopic (exact) mass is 235 g/mol. The van der Waals surface area contributed by atoms with E-state index in [4.69, 9.17) is 11.5 Å². The van der Waals surface area contributed by atoms with Gasteiger partial charge in [-0.25, -0.2) is 4.98 Å². The van der Waals surface area contributed by atoms with Gasteiger partial charge in [0.15, 0.2) is 0 Å². The first-order chi connectivity index (χ1) is 7.65. The van der Waals surface area contributed by atoms with E-state index in [0.29, 0.717) is 5.82 Å². The summed E-state index contributed by atoms with van der Waals surface area (Å²) in [6.45, 7) is 2.03. The molecule has 0 atom stereocenters. The van der Waals surface area contributed by atoms with E-state index in [1.165, 1.54) is 10.4 Å². The number of anilines is 2. The molecule has 0 bridgehead atoms. The highest BCUT2D eigenvalue weighted by Crippen LogP contribution is 2.36. The Kier molecular flexibility index (Phi) is 2.02. The maximum atomic E-state index is 5.92. The number of nitrogens with zero attached hydrogens (tertiary/aromatic N) is 3. The Hall–Kier alpha value is -1.40. The molecule has 0 aromatic carbocycles. The highest BCUT2D eigenvalue weighted by Gasteiger charge is 2.21. The van der Waals surface area contributed by atoms with Gasteiger partial charge in [-0.1, -0.05) is 0 Å². The van der Waals surface area contributed by atoms with E-state index in [0.717, 1.165) is 29.7 Å². The quantitative estimate of drug-likeness (QED) is 0.707. The van der Waals surface area contributed by atoms with Gasteiger partial charge in [0.2, 0.25) is 5.95 Å². The fraction of sp³-hybridized carbons (Fsp3) is 0.400.